The second-order valence-electron chi connectivity index (χ2n) is 4.27. The van der Waals surface area contributed by atoms with Crippen LogP contribution in [0.1, 0.15) is 34.6 Å². The molecule has 1 amide bonds. The standard InChI is InChI=1S/C9H20N2O4S/c1-6(2)8(5)15-11-16(13,14)10-9(12)7(3)4/h6-8,11H,1-5H3,(H,10,12)/t8-/m1/s1. The Morgan fingerprint density at radius 3 is 2.00 bits per heavy atom. The van der Waals surface area contributed by atoms with Gasteiger partial charge in [0.1, 0.15) is 0 Å². The van der Waals surface area contributed by atoms with Crippen molar-refractivity contribution in [3.05, 3.63) is 0 Å². The lowest BCUT2D eigenvalue weighted by molar-refractivity contribution is -0.122. The average Bonchev–Trinajstić information content (AvgIpc) is 2.13. The molecule has 1 atom stereocenters. The maximum absolute atomic E-state index is 11.3. The monoisotopic (exact) mass is 252 g/mol. The van der Waals surface area contributed by atoms with Gasteiger partial charge >= 0.3 is 10.2 Å². The summed E-state index contributed by atoms with van der Waals surface area (Å²) in [6.07, 6.45) is -0.272. The summed E-state index contributed by atoms with van der Waals surface area (Å²) in [5.74, 6) is -0.809. The van der Waals surface area contributed by atoms with E-state index in [0.29, 0.717) is 0 Å². The second kappa shape index (κ2) is 6.17. The zero-order chi connectivity index (χ0) is 12.9. The van der Waals surface area contributed by atoms with Crippen LogP contribution in [0.4, 0.5) is 0 Å². The Hall–Kier alpha value is -0.660. The van der Waals surface area contributed by atoms with Gasteiger partial charge in [0.15, 0.2) is 0 Å². The van der Waals surface area contributed by atoms with Crippen LogP contribution in [0, 0.1) is 11.8 Å². The van der Waals surface area contributed by atoms with E-state index in [-0.39, 0.29) is 12.0 Å². The molecule has 0 aliphatic rings. The lowest BCUT2D eigenvalue weighted by Gasteiger charge is -2.17. The Bertz CT molecular complexity index is 324. The highest BCUT2D eigenvalue weighted by Crippen LogP contribution is 2.03. The third-order valence-electron chi connectivity index (χ3n) is 2.04. The number of hydrogen-bond acceptors (Lipinski definition) is 4. The normalized spacial score (nSPS) is 14.2. The maximum Gasteiger partial charge on any atom is 0.323 e. The number of carbonyl (C=O) groups is 1. The van der Waals surface area contributed by atoms with Gasteiger partial charge in [-0.15, -0.1) is 0 Å². The molecular formula is C9H20N2O4S. The summed E-state index contributed by atoms with van der Waals surface area (Å²) in [4.78, 5) is 17.9. The number of rotatable bonds is 6. The fourth-order valence-corrected chi connectivity index (χ4v) is 1.37. The van der Waals surface area contributed by atoms with Crippen molar-refractivity contribution in [2.24, 2.45) is 11.8 Å². The molecule has 0 saturated heterocycles. The van der Waals surface area contributed by atoms with E-state index in [4.69, 9.17) is 4.84 Å². The van der Waals surface area contributed by atoms with Crippen LogP contribution in [-0.4, -0.2) is 20.4 Å². The predicted octanol–water partition coefficient (Wildman–Crippen LogP) is 0.569. The molecule has 0 radical (unpaired) electrons. The van der Waals surface area contributed by atoms with Crippen LogP contribution in [0.15, 0.2) is 0 Å². The van der Waals surface area contributed by atoms with Crippen LogP contribution >= 0.6 is 0 Å². The Morgan fingerprint density at radius 1 is 1.12 bits per heavy atom. The summed E-state index contributed by atoms with van der Waals surface area (Å²) in [7, 11) is -3.93. The Morgan fingerprint density at radius 2 is 1.62 bits per heavy atom. The molecule has 0 bridgehead atoms. The minimum absolute atomic E-state index is 0.170. The molecule has 0 fully saturated rings. The van der Waals surface area contributed by atoms with Crippen molar-refractivity contribution >= 4 is 16.1 Å². The van der Waals surface area contributed by atoms with E-state index in [9.17, 15) is 13.2 Å². The van der Waals surface area contributed by atoms with Crippen molar-refractivity contribution in [2.75, 3.05) is 0 Å². The highest BCUT2D eigenvalue weighted by Gasteiger charge is 2.18. The molecule has 0 aliphatic heterocycles. The van der Waals surface area contributed by atoms with Crippen molar-refractivity contribution in [1.29, 1.82) is 0 Å². The van der Waals surface area contributed by atoms with Gasteiger partial charge in [0.25, 0.3) is 0 Å². The van der Waals surface area contributed by atoms with E-state index >= 15 is 0 Å². The summed E-state index contributed by atoms with van der Waals surface area (Å²) in [6.45, 7) is 8.72. The van der Waals surface area contributed by atoms with Crippen LogP contribution in [0.2, 0.25) is 0 Å². The molecular weight excluding hydrogens is 232 g/mol. The van der Waals surface area contributed by atoms with Crippen LogP contribution in [0.25, 0.3) is 0 Å². The molecule has 0 rings (SSSR count). The predicted molar refractivity (Wildman–Crippen MR) is 60.4 cm³/mol. The minimum atomic E-state index is -3.93. The first-order valence-corrected chi connectivity index (χ1v) is 6.63. The van der Waals surface area contributed by atoms with Gasteiger partial charge in [-0.05, 0) is 12.8 Å². The zero-order valence-electron chi connectivity index (χ0n) is 10.3. The van der Waals surface area contributed by atoms with Gasteiger partial charge < -0.3 is 0 Å². The topological polar surface area (TPSA) is 84.5 Å². The highest BCUT2D eigenvalue weighted by atomic mass is 32.2. The molecule has 0 aliphatic carbocycles. The SMILES string of the molecule is CC(C)C(=O)NS(=O)(=O)NO[C@H](C)C(C)C. The smallest absolute Gasteiger partial charge is 0.282 e. The van der Waals surface area contributed by atoms with Crippen LogP contribution in [-0.2, 0) is 19.8 Å². The van der Waals surface area contributed by atoms with E-state index in [1.54, 1.807) is 20.8 Å². The fourth-order valence-electron chi connectivity index (χ4n) is 0.546. The van der Waals surface area contributed by atoms with E-state index in [1.807, 2.05) is 23.5 Å². The molecule has 0 aromatic rings. The van der Waals surface area contributed by atoms with Crippen molar-refractivity contribution in [2.45, 2.75) is 40.7 Å². The molecule has 0 aromatic heterocycles. The summed E-state index contributed by atoms with van der Waals surface area (Å²) in [6, 6.07) is 0. The highest BCUT2D eigenvalue weighted by molar-refractivity contribution is 7.87. The first kappa shape index (κ1) is 15.3. The van der Waals surface area contributed by atoms with Gasteiger partial charge in [-0.25, -0.2) is 4.72 Å². The second-order valence-corrected chi connectivity index (χ2v) is 5.65. The lowest BCUT2D eigenvalue weighted by atomic mass is 10.1. The molecule has 0 saturated carbocycles. The average molecular weight is 252 g/mol. The van der Waals surface area contributed by atoms with Crippen molar-refractivity contribution in [3.63, 3.8) is 0 Å². The van der Waals surface area contributed by atoms with Gasteiger partial charge in [-0.2, -0.15) is 8.42 Å². The Balaban J connectivity index is 4.22. The number of nitrogens with one attached hydrogen (secondary N) is 2. The molecule has 2 N–H and O–H groups in total. The third-order valence-corrected chi connectivity index (χ3v) is 2.83. The van der Waals surface area contributed by atoms with Crippen LogP contribution in [0.3, 0.4) is 0 Å². The van der Waals surface area contributed by atoms with Crippen molar-refractivity contribution in [1.82, 2.24) is 9.61 Å². The Kier molecular flexibility index (Phi) is 5.91. The van der Waals surface area contributed by atoms with Gasteiger partial charge in [-0.1, -0.05) is 32.6 Å². The van der Waals surface area contributed by atoms with E-state index in [1.165, 1.54) is 0 Å². The number of carbonyl (C=O) groups excluding carboxylic acids is 1. The molecule has 7 heteroatoms. The van der Waals surface area contributed by atoms with Crippen molar-refractivity contribution in [3.8, 4) is 0 Å². The van der Waals surface area contributed by atoms with Gasteiger partial charge in [0, 0.05) is 5.92 Å². The quantitative estimate of drug-likeness (QED) is 0.677. The van der Waals surface area contributed by atoms with E-state index in [2.05, 4.69) is 0 Å². The van der Waals surface area contributed by atoms with Crippen LogP contribution in [0.5, 0.6) is 0 Å². The first-order chi connectivity index (χ1) is 7.15. The minimum Gasteiger partial charge on any atom is -0.282 e. The van der Waals surface area contributed by atoms with Gasteiger partial charge in [0.2, 0.25) is 5.91 Å². The molecule has 0 aromatic carbocycles. The largest absolute Gasteiger partial charge is 0.323 e. The number of amides is 1. The van der Waals surface area contributed by atoms with Crippen LogP contribution < -0.4 is 9.61 Å². The molecule has 6 nitrogen and oxygen atoms in total. The summed E-state index contributed by atoms with van der Waals surface area (Å²) in [5.41, 5.74) is 0. The summed E-state index contributed by atoms with van der Waals surface area (Å²) in [5, 5.41) is 0. The summed E-state index contributed by atoms with van der Waals surface area (Å²) < 4.78 is 24.5. The first-order valence-electron chi connectivity index (χ1n) is 5.14. The molecule has 0 heterocycles. The third kappa shape index (κ3) is 6.04. The van der Waals surface area contributed by atoms with Crippen molar-refractivity contribution < 1.29 is 18.0 Å². The summed E-state index contributed by atoms with van der Waals surface area (Å²) >= 11 is 0. The lowest BCUT2D eigenvalue weighted by Crippen LogP contribution is -2.43. The maximum atomic E-state index is 11.3. The fraction of sp³-hybridized carbons (Fsp3) is 0.889. The number of hydrogen-bond donors (Lipinski definition) is 2. The van der Waals surface area contributed by atoms with Gasteiger partial charge in [0.05, 0.1) is 6.10 Å². The molecule has 0 spiro atoms. The van der Waals surface area contributed by atoms with E-state index < -0.39 is 22.0 Å². The molecule has 16 heavy (non-hydrogen) atoms. The molecule has 96 valence electrons. The van der Waals surface area contributed by atoms with E-state index in [0.717, 1.165) is 0 Å². The van der Waals surface area contributed by atoms with Gasteiger partial charge in [-0.3, -0.25) is 9.63 Å². The molecule has 0 unspecified atom stereocenters. The zero-order valence-corrected chi connectivity index (χ0v) is 11.1. The Labute approximate surface area is 96.9 Å².